The van der Waals surface area contributed by atoms with Gasteiger partial charge < -0.3 is 10.2 Å². The molecule has 1 heterocycles. The number of likely N-dealkylation sites (N-methyl/N-ethyl adjacent to an activating group) is 1. The molecule has 1 unspecified atom stereocenters. The van der Waals surface area contributed by atoms with Gasteiger partial charge in [-0.15, -0.1) is 0 Å². The number of likely N-dealkylation sites (tertiary alicyclic amines) is 1. The van der Waals surface area contributed by atoms with E-state index in [4.69, 9.17) is 0 Å². The molecule has 1 saturated heterocycles. The molecule has 1 aliphatic heterocycles. The topological polar surface area (TPSA) is 66.5 Å². The SMILES string of the molecule is CNC1CCN(CC(C)(C)S(C)(=O)=O)C1=O. The fraction of sp³-hybridized carbons (Fsp3) is 0.900. The summed E-state index contributed by atoms with van der Waals surface area (Å²) in [6.07, 6.45) is 1.96. The van der Waals surface area contributed by atoms with Gasteiger partial charge in [0.25, 0.3) is 0 Å². The molecule has 1 N–H and O–H groups in total. The Bertz CT molecular complexity index is 376. The van der Waals surface area contributed by atoms with E-state index in [-0.39, 0.29) is 18.5 Å². The van der Waals surface area contributed by atoms with E-state index in [1.54, 1.807) is 25.8 Å². The third-order valence-corrected chi connectivity index (χ3v) is 5.36. The first-order chi connectivity index (χ1) is 7.19. The van der Waals surface area contributed by atoms with E-state index in [2.05, 4.69) is 5.32 Å². The fourth-order valence-electron chi connectivity index (χ4n) is 1.74. The fourth-order valence-corrected chi connectivity index (χ4v) is 2.13. The normalized spacial score (nSPS) is 22.9. The third kappa shape index (κ3) is 2.55. The summed E-state index contributed by atoms with van der Waals surface area (Å²) in [5, 5.41) is 2.93. The van der Waals surface area contributed by atoms with Crippen LogP contribution in [0.2, 0.25) is 0 Å². The van der Waals surface area contributed by atoms with Crippen LogP contribution in [0.15, 0.2) is 0 Å². The first-order valence-electron chi connectivity index (χ1n) is 5.35. The third-order valence-electron chi connectivity index (χ3n) is 3.22. The number of sulfone groups is 1. The summed E-state index contributed by atoms with van der Waals surface area (Å²) in [5.41, 5.74) is 0. The first kappa shape index (κ1) is 13.4. The van der Waals surface area contributed by atoms with E-state index in [0.717, 1.165) is 6.42 Å². The van der Waals surface area contributed by atoms with Crippen molar-refractivity contribution in [3.8, 4) is 0 Å². The highest BCUT2D eigenvalue weighted by Gasteiger charge is 2.38. The van der Waals surface area contributed by atoms with E-state index in [1.165, 1.54) is 6.26 Å². The molecule has 1 atom stereocenters. The minimum absolute atomic E-state index is 0.000718. The lowest BCUT2D eigenvalue weighted by atomic mass is 10.2. The van der Waals surface area contributed by atoms with Crippen LogP contribution in [0.3, 0.4) is 0 Å². The standard InChI is InChI=1S/C10H20N2O3S/c1-10(2,16(4,14)15)7-12-6-5-8(11-3)9(12)13/h8,11H,5-7H2,1-4H3. The molecule has 5 nitrogen and oxygen atoms in total. The molecule has 1 fully saturated rings. The number of nitrogens with one attached hydrogen (secondary N) is 1. The molecule has 0 saturated carbocycles. The summed E-state index contributed by atoms with van der Waals surface area (Å²) < 4.78 is 22.2. The lowest BCUT2D eigenvalue weighted by molar-refractivity contribution is -0.129. The number of hydrogen-bond donors (Lipinski definition) is 1. The Morgan fingerprint density at radius 3 is 2.44 bits per heavy atom. The smallest absolute Gasteiger partial charge is 0.239 e. The van der Waals surface area contributed by atoms with Gasteiger partial charge in [-0.1, -0.05) is 0 Å². The van der Waals surface area contributed by atoms with Crippen LogP contribution in [0.1, 0.15) is 20.3 Å². The molecule has 1 aliphatic rings. The van der Waals surface area contributed by atoms with Gasteiger partial charge in [-0.25, -0.2) is 8.42 Å². The minimum atomic E-state index is -3.15. The maximum Gasteiger partial charge on any atom is 0.239 e. The Kier molecular flexibility index (Phi) is 3.64. The van der Waals surface area contributed by atoms with Crippen LogP contribution < -0.4 is 5.32 Å². The van der Waals surface area contributed by atoms with E-state index in [9.17, 15) is 13.2 Å². The van der Waals surface area contributed by atoms with Crippen molar-refractivity contribution in [1.29, 1.82) is 0 Å². The van der Waals surface area contributed by atoms with Crippen molar-refractivity contribution in [1.82, 2.24) is 10.2 Å². The highest BCUT2D eigenvalue weighted by atomic mass is 32.2. The van der Waals surface area contributed by atoms with Gasteiger partial charge >= 0.3 is 0 Å². The summed E-state index contributed by atoms with van der Waals surface area (Å²) in [7, 11) is -1.41. The van der Waals surface area contributed by atoms with Crippen LogP contribution in [0.5, 0.6) is 0 Å². The maximum absolute atomic E-state index is 11.8. The molecule has 94 valence electrons. The first-order valence-corrected chi connectivity index (χ1v) is 7.24. The lowest BCUT2D eigenvalue weighted by Gasteiger charge is -2.28. The Labute approximate surface area is 97.1 Å². The Morgan fingerprint density at radius 2 is 2.06 bits per heavy atom. The highest BCUT2D eigenvalue weighted by molar-refractivity contribution is 7.92. The van der Waals surface area contributed by atoms with Crippen molar-refractivity contribution in [3.63, 3.8) is 0 Å². The average Bonchev–Trinajstić information content (AvgIpc) is 2.45. The monoisotopic (exact) mass is 248 g/mol. The second kappa shape index (κ2) is 4.33. The molecule has 6 heteroatoms. The lowest BCUT2D eigenvalue weighted by Crippen LogP contribution is -2.46. The van der Waals surface area contributed by atoms with Crippen LogP contribution in [0.25, 0.3) is 0 Å². The maximum atomic E-state index is 11.8. The summed E-state index contributed by atoms with van der Waals surface area (Å²) in [4.78, 5) is 13.4. The van der Waals surface area contributed by atoms with Gasteiger partial charge in [-0.05, 0) is 27.3 Å². The summed E-state index contributed by atoms with van der Waals surface area (Å²) in [6, 6.07) is -0.157. The van der Waals surface area contributed by atoms with Crippen molar-refractivity contribution in [2.45, 2.75) is 31.1 Å². The minimum Gasteiger partial charge on any atom is -0.340 e. The molecule has 0 aromatic carbocycles. The number of carbonyl (C=O) groups is 1. The number of amides is 1. The van der Waals surface area contributed by atoms with Crippen LogP contribution in [0.4, 0.5) is 0 Å². The zero-order valence-corrected chi connectivity index (χ0v) is 11.1. The Morgan fingerprint density at radius 1 is 1.50 bits per heavy atom. The van der Waals surface area contributed by atoms with Crippen molar-refractivity contribution >= 4 is 15.7 Å². The van der Waals surface area contributed by atoms with Gasteiger partial charge in [0.15, 0.2) is 9.84 Å². The van der Waals surface area contributed by atoms with E-state index in [1.807, 2.05) is 0 Å². The molecule has 0 spiro atoms. The summed E-state index contributed by atoms with van der Waals surface area (Å²) in [5.74, 6) is -0.000718. The Hall–Kier alpha value is -0.620. The molecule has 0 bridgehead atoms. The highest BCUT2D eigenvalue weighted by Crippen LogP contribution is 2.20. The van der Waals surface area contributed by atoms with Crippen LogP contribution in [-0.2, 0) is 14.6 Å². The molecule has 0 aromatic rings. The molecule has 16 heavy (non-hydrogen) atoms. The summed E-state index contributed by atoms with van der Waals surface area (Å²) in [6.45, 7) is 4.21. The quantitative estimate of drug-likeness (QED) is 0.737. The molecule has 0 aliphatic carbocycles. The molecule has 1 rings (SSSR count). The Balaban J connectivity index is 2.74. The molecule has 0 aromatic heterocycles. The average molecular weight is 248 g/mol. The molecule has 1 amide bonds. The predicted octanol–water partition coefficient (Wildman–Crippen LogP) is -0.370. The van der Waals surface area contributed by atoms with Gasteiger partial charge in [0.2, 0.25) is 5.91 Å². The summed E-state index contributed by atoms with van der Waals surface area (Å²) >= 11 is 0. The number of nitrogens with zero attached hydrogens (tertiary/aromatic N) is 1. The number of rotatable bonds is 4. The van der Waals surface area contributed by atoms with Gasteiger partial charge in [-0.3, -0.25) is 4.79 Å². The van der Waals surface area contributed by atoms with Crippen LogP contribution in [0, 0.1) is 0 Å². The van der Waals surface area contributed by atoms with Gasteiger partial charge in [0.05, 0.1) is 10.8 Å². The van der Waals surface area contributed by atoms with Gasteiger partial charge in [-0.2, -0.15) is 0 Å². The van der Waals surface area contributed by atoms with Crippen molar-refractivity contribution in [3.05, 3.63) is 0 Å². The van der Waals surface area contributed by atoms with Crippen molar-refractivity contribution < 1.29 is 13.2 Å². The largest absolute Gasteiger partial charge is 0.340 e. The van der Waals surface area contributed by atoms with Gasteiger partial charge in [0, 0.05) is 19.3 Å². The number of carbonyl (C=O) groups excluding carboxylic acids is 1. The molecular formula is C10H20N2O3S. The second-order valence-corrected chi connectivity index (χ2v) is 7.57. The van der Waals surface area contributed by atoms with Crippen molar-refractivity contribution in [2.75, 3.05) is 26.4 Å². The van der Waals surface area contributed by atoms with E-state index in [0.29, 0.717) is 6.54 Å². The van der Waals surface area contributed by atoms with E-state index < -0.39 is 14.6 Å². The molecular weight excluding hydrogens is 228 g/mol. The zero-order valence-electron chi connectivity index (χ0n) is 10.3. The zero-order chi connectivity index (χ0) is 12.6. The predicted molar refractivity (Wildman–Crippen MR) is 63.0 cm³/mol. The molecule has 0 radical (unpaired) electrons. The van der Waals surface area contributed by atoms with Crippen LogP contribution in [-0.4, -0.2) is 56.4 Å². The van der Waals surface area contributed by atoms with Crippen molar-refractivity contribution in [2.24, 2.45) is 0 Å². The second-order valence-electron chi connectivity index (χ2n) is 4.92. The van der Waals surface area contributed by atoms with Crippen LogP contribution >= 0.6 is 0 Å². The number of hydrogen-bond acceptors (Lipinski definition) is 4. The van der Waals surface area contributed by atoms with Gasteiger partial charge in [0.1, 0.15) is 0 Å². The van der Waals surface area contributed by atoms with E-state index >= 15 is 0 Å².